The lowest BCUT2D eigenvalue weighted by Gasteiger charge is -2.10. The summed E-state index contributed by atoms with van der Waals surface area (Å²) in [5.41, 5.74) is 1.15. The Labute approximate surface area is 162 Å². The van der Waals surface area contributed by atoms with Crippen LogP contribution in [0.15, 0.2) is 47.3 Å². The number of halogens is 3. The number of aromatic hydroxyl groups is 1. The minimum absolute atomic E-state index is 0.132. The number of aromatic nitrogens is 3. The molecule has 136 valence electrons. The van der Waals surface area contributed by atoms with Crippen molar-refractivity contribution in [3.63, 3.8) is 0 Å². The minimum atomic E-state index is -0.583. The standard InChI is InChI=1S/C19H12Cl2FN3O2/c1-9-15-17(26)18(27)16(11-4-2-3-5-12(11)20)23-19(15)25(24-9)14-7-6-10(22)8-13(14)21/h2-8,27H,1H3,(H,23,26). The van der Waals surface area contributed by atoms with Crippen LogP contribution in [0.3, 0.4) is 0 Å². The van der Waals surface area contributed by atoms with Crippen molar-refractivity contribution >= 4 is 34.2 Å². The van der Waals surface area contributed by atoms with Crippen molar-refractivity contribution < 1.29 is 9.50 Å². The topological polar surface area (TPSA) is 70.9 Å². The van der Waals surface area contributed by atoms with Crippen molar-refractivity contribution in [1.29, 1.82) is 0 Å². The van der Waals surface area contributed by atoms with Crippen molar-refractivity contribution in [2.45, 2.75) is 6.92 Å². The van der Waals surface area contributed by atoms with Crippen LogP contribution >= 0.6 is 23.2 Å². The molecular formula is C19H12Cl2FN3O2. The largest absolute Gasteiger partial charge is 0.503 e. The van der Waals surface area contributed by atoms with Gasteiger partial charge in [-0.05, 0) is 31.2 Å². The first-order chi connectivity index (χ1) is 12.9. The molecule has 0 radical (unpaired) electrons. The van der Waals surface area contributed by atoms with Crippen LogP contribution in [0.1, 0.15) is 5.69 Å². The second kappa shape index (κ2) is 6.40. The normalized spacial score (nSPS) is 11.3. The van der Waals surface area contributed by atoms with Crippen LogP contribution in [0.4, 0.5) is 4.39 Å². The molecule has 27 heavy (non-hydrogen) atoms. The van der Waals surface area contributed by atoms with Crippen LogP contribution in [-0.2, 0) is 0 Å². The molecule has 0 spiro atoms. The highest BCUT2D eigenvalue weighted by Gasteiger charge is 2.21. The van der Waals surface area contributed by atoms with Gasteiger partial charge in [-0.15, -0.1) is 0 Å². The van der Waals surface area contributed by atoms with Crippen LogP contribution in [0, 0.1) is 12.7 Å². The number of nitrogens with zero attached hydrogens (tertiary/aromatic N) is 2. The molecule has 4 aromatic rings. The highest BCUT2D eigenvalue weighted by atomic mass is 35.5. The molecular weight excluding hydrogens is 392 g/mol. The van der Waals surface area contributed by atoms with Crippen LogP contribution in [0.25, 0.3) is 28.0 Å². The molecule has 5 nitrogen and oxygen atoms in total. The zero-order valence-corrected chi connectivity index (χ0v) is 15.4. The molecule has 2 N–H and O–H groups in total. The van der Waals surface area contributed by atoms with Crippen LogP contribution in [0.2, 0.25) is 10.0 Å². The molecule has 0 saturated heterocycles. The van der Waals surface area contributed by atoms with Gasteiger partial charge in [0.05, 0.1) is 32.5 Å². The number of aryl methyl sites for hydroxylation is 1. The first-order valence-corrected chi connectivity index (χ1v) is 8.69. The van der Waals surface area contributed by atoms with E-state index in [4.69, 9.17) is 23.2 Å². The van der Waals surface area contributed by atoms with E-state index in [1.165, 1.54) is 16.8 Å². The number of pyridine rings is 1. The highest BCUT2D eigenvalue weighted by molar-refractivity contribution is 6.33. The van der Waals surface area contributed by atoms with Gasteiger partial charge in [0.15, 0.2) is 5.75 Å². The molecule has 0 aliphatic heterocycles. The van der Waals surface area contributed by atoms with E-state index in [0.717, 1.165) is 6.07 Å². The summed E-state index contributed by atoms with van der Waals surface area (Å²) in [4.78, 5) is 15.8. The van der Waals surface area contributed by atoms with E-state index >= 15 is 0 Å². The highest BCUT2D eigenvalue weighted by Crippen LogP contribution is 2.33. The van der Waals surface area contributed by atoms with Crippen LogP contribution in [0.5, 0.6) is 5.75 Å². The molecule has 0 aliphatic carbocycles. The molecule has 0 fully saturated rings. The summed E-state index contributed by atoms with van der Waals surface area (Å²) in [5.74, 6) is -0.941. The van der Waals surface area contributed by atoms with E-state index in [2.05, 4.69) is 10.1 Å². The van der Waals surface area contributed by atoms with Gasteiger partial charge in [-0.1, -0.05) is 41.4 Å². The monoisotopic (exact) mass is 403 g/mol. The van der Waals surface area contributed by atoms with Crippen molar-refractivity contribution in [2.24, 2.45) is 0 Å². The Bertz CT molecular complexity index is 1260. The van der Waals surface area contributed by atoms with Crippen LogP contribution in [-0.4, -0.2) is 19.9 Å². The zero-order valence-electron chi connectivity index (χ0n) is 13.9. The zero-order chi connectivity index (χ0) is 19.3. The average molecular weight is 404 g/mol. The Balaban J connectivity index is 2.09. The first-order valence-electron chi connectivity index (χ1n) is 7.93. The van der Waals surface area contributed by atoms with E-state index in [-0.39, 0.29) is 16.1 Å². The molecule has 0 bridgehead atoms. The fraction of sp³-hybridized carbons (Fsp3) is 0.0526. The Morgan fingerprint density at radius 1 is 1.15 bits per heavy atom. The Hall–Kier alpha value is -2.83. The second-order valence-corrected chi connectivity index (χ2v) is 6.79. The molecule has 8 heteroatoms. The van der Waals surface area contributed by atoms with Gasteiger partial charge in [-0.25, -0.2) is 9.07 Å². The number of nitrogens with one attached hydrogen (secondary N) is 1. The van der Waals surface area contributed by atoms with E-state index in [1.807, 2.05) is 0 Å². The molecule has 4 rings (SSSR count). The maximum Gasteiger partial charge on any atom is 0.235 e. The number of fused-ring (bicyclic) bond motifs is 1. The Morgan fingerprint density at radius 2 is 1.89 bits per heavy atom. The van der Waals surface area contributed by atoms with E-state index in [0.29, 0.717) is 27.6 Å². The number of rotatable bonds is 2. The fourth-order valence-electron chi connectivity index (χ4n) is 3.01. The molecule has 0 unspecified atom stereocenters. The number of hydrogen-bond donors (Lipinski definition) is 2. The molecule has 0 amide bonds. The summed E-state index contributed by atoms with van der Waals surface area (Å²) in [7, 11) is 0. The van der Waals surface area contributed by atoms with Crippen molar-refractivity contribution in [3.05, 3.63) is 74.2 Å². The smallest absolute Gasteiger partial charge is 0.235 e. The Morgan fingerprint density at radius 3 is 2.59 bits per heavy atom. The molecule has 0 aliphatic rings. The minimum Gasteiger partial charge on any atom is -0.503 e. The molecule has 2 heterocycles. The lowest BCUT2D eigenvalue weighted by molar-refractivity contribution is 0.471. The van der Waals surface area contributed by atoms with Gasteiger partial charge in [0.2, 0.25) is 5.43 Å². The van der Waals surface area contributed by atoms with Gasteiger partial charge >= 0.3 is 0 Å². The van der Waals surface area contributed by atoms with Crippen molar-refractivity contribution in [3.8, 4) is 22.7 Å². The van der Waals surface area contributed by atoms with Gasteiger partial charge in [0, 0.05) is 5.56 Å². The lowest BCUT2D eigenvalue weighted by Crippen LogP contribution is -2.07. The van der Waals surface area contributed by atoms with E-state index < -0.39 is 17.0 Å². The summed E-state index contributed by atoms with van der Waals surface area (Å²) in [6, 6.07) is 10.7. The predicted molar refractivity (Wildman–Crippen MR) is 104 cm³/mol. The van der Waals surface area contributed by atoms with Gasteiger partial charge in [-0.2, -0.15) is 5.10 Å². The fourth-order valence-corrected chi connectivity index (χ4v) is 3.49. The van der Waals surface area contributed by atoms with Gasteiger partial charge in [0.25, 0.3) is 0 Å². The van der Waals surface area contributed by atoms with Crippen molar-refractivity contribution in [2.75, 3.05) is 0 Å². The second-order valence-electron chi connectivity index (χ2n) is 5.97. The quantitative estimate of drug-likeness (QED) is 0.502. The number of benzene rings is 2. The molecule has 2 aromatic heterocycles. The number of aromatic amines is 1. The van der Waals surface area contributed by atoms with E-state index in [1.54, 1.807) is 31.2 Å². The van der Waals surface area contributed by atoms with Gasteiger partial charge in [0.1, 0.15) is 11.5 Å². The summed E-state index contributed by atoms with van der Waals surface area (Å²) in [6.45, 7) is 1.64. The van der Waals surface area contributed by atoms with Crippen LogP contribution < -0.4 is 5.43 Å². The van der Waals surface area contributed by atoms with E-state index in [9.17, 15) is 14.3 Å². The Kier molecular flexibility index (Phi) is 4.17. The third-order valence-electron chi connectivity index (χ3n) is 4.26. The third kappa shape index (κ3) is 2.78. The van der Waals surface area contributed by atoms with Crippen molar-refractivity contribution in [1.82, 2.24) is 14.8 Å². The van der Waals surface area contributed by atoms with Gasteiger partial charge < -0.3 is 10.1 Å². The summed E-state index contributed by atoms with van der Waals surface area (Å²) < 4.78 is 14.8. The molecule has 2 aromatic carbocycles. The lowest BCUT2D eigenvalue weighted by atomic mass is 10.1. The maximum absolute atomic E-state index is 13.4. The number of H-pyrrole nitrogens is 1. The average Bonchev–Trinajstić information content (AvgIpc) is 2.95. The SMILES string of the molecule is Cc1nn(-c2ccc(F)cc2Cl)c2[nH]c(-c3ccccc3Cl)c(O)c(=O)c12. The summed E-state index contributed by atoms with van der Waals surface area (Å²) >= 11 is 12.4. The molecule has 0 saturated carbocycles. The third-order valence-corrected chi connectivity index (χ3v) is 4.90. The molecule has 0 atom stereocenters. The summed E-state index contributed by atoms with van der Waals surface area (Å²) in [6.07, 6.45) is 0. The maximum atomic E-state index is 13.4. The predicted octanol–water partition coefficient (Wildman–Crippen LogP) is 4.84. The van der Waals surface area contributed by atoms with Gasteiger partial charge in [-0.3, -0.25) is 4.79 Å². The first kappa shape index (κ1) is 17.6. The number of hydrogen-bond acceptors (Lipinski definition) is 3. The summed E-state index contributed by atoms with van der Waals surface area (Å²) in [5, 5.41) is 15.5.